The van der Waals surface area contributed by atoms with Crippen molar-refractivity contribution in [1.82, 2.24) is 4.98 Å². The molecule has 0 aliphatic carbocycles. The van der Waals surface area contributed by atoms with Crippen LogP contribution in [0.2, 0.25) is 0 Å². The summed E-state index contributed by atoms with van der Waals surface area (Å²) in [5, 5.41) is 1.94. The number of thiazole rings is 1. The summed E-state index contributed by atoms with van der Waals surface area (Å²) in [6.45, 7) is 0.646. The van der Waals surface area contributed by atoms with Gasteiger partial charge >= 0.3 is 5.97 Å². The predicted molar refractivity (Wildman–Crippen MR) is 98.6 cm³/mol. The second kappa shape index (κ2) is 8.80. The molecule has 3 aromatic rings. The van der Waals surface area contributed by atoms with Gasteiger partial charge in [-0.2, -0.15) is 0 Å². The number of carbonyl (C=O) groups excluding carboxylic acids is 1. The van der Waals surface area contributed by atoms with Crippen LogP contribution in [0.4, 0.5) is 0 Å². The van der Waals surface area contributed by atoms with Gasteiger partial charge in [0, 0.05) is 5.38 Å². The Morgan fingerprint density at radius 1 is 1.08 bits per heavy atom. The van der Waals surface area contributed by atoms with Crippen LogP contribution >= 0.6 is 11.3 Å². The molecule has 3 rings (SSSR count). The fourth-order valence-electron chi connectivity index (χ4n) is 2.11. The van der Waals surface area contributed by atoms with Crippen molar-refractivity contribution in [2.24, 2.45) is 0 Å². The van der Waals surface area contributed by atoms with Crippen molar-refractivity contribution in [3.05, 3.63) is 88.4 Å². The van der Waals surface area contributed by atoms with E-state index in [1.807, 2.05) is 47.9 Å². The maximum atomic E-state index is 12.0. The third-order valence-electron chi connectivity index (χ3n) is 3.38. The molecule has 0 spiro atoms. The molecule has 0 radical (unpaired) electrons. The molecule has 0 fully saturated rings. The van der Waals surface area contributed by atoms with Gasteiger partial charge in [-0.1, -0.05) is 36.4 Å². The van der Waals surface area contributed by atoms with E-state index in [0.717, 1.165) is 11.3 Å². The molecule has 0 N–H and O–H groups in total. The molecule has 25 heavy (non-hydrogen) atoms. The first-order valence-corrected chi connectivity index (χ1v) is 8.74. The summed E-state index contributed by atoms with van der Waals surface area (Å²) in [7, 11) is 0. The van der Waals surface area contributed by atoms with Gasteiger partial charge in [0.2, 0.25) is 0 Å². The number of carbonyl (C=O) groups is 1. The minimum Gasteiger partial charge on any atom is -0.487 e. The highest BCUT2D eigenvalue weighted by Gasteiger charge is 2.06. The first-order valence-electron chi connectivity index (χ1n) is 7.80. The summed E-state index contributed by atoms with van der Waals surface area (Å²) >= 11 is 1.53. The van der Waals surface area contributed by atoms with Gasteiger partial charge in [-0.25, -0.2) is 9.78 Å². The molecule has 0 saturated heterocycles. The SMILES string of the molecule is O=C(OC/C=C/c1ccccc1)c1ccc(OCc2cscn2)cc1. The van der Waals surface area contributed by atoms with E-state index in [4.69, 9.17) is 9.47 Å². The number of rotatable bonds is 7. The first-order chi connectivity index (χ1) is 12.3. The van der Waals surface area contributed by atoms with E-state index in [-0.39, 0.29) is 12.6 Å². The molecular weight excluding hydrogens is 334 g/mol. The Morgan fingerprint density at radius 3 is 2.60 bits per heavy atom. The van der Waals surface area contributed by atoms with Crippen LogP contribution in [0.3, 0.4) is 0 Å². The second-order valence-electron chi connectivity index (χ2n) is 5.20. The molecule has 0 bridgehead atoms. The molecule has 5 heteroatoms. The van der Waals surface area contributed by atoms with Crippen LogP contribution in [-0.2, 0) is 11.3 Å². The highest BCUT2D eigenvalue weighted by molar-refractivity contribution is 7.07. The van der Waals surface area contributed by atoms with Crippen LogP contribution in [0, 0.1) is 0 Å². The van der Waals surface area contributed by atoms with Gasteiger partial charge in [-0.05, 0) is 35.9 Å². The number of ether oxygens (including phenoxy) is 2. The highest BCUT2D eigenvalue weighted by atomic mass is 32.1. The van der Waals surface area contributed by atoms with Crippen LogP contribution in [0.25, 0.3) is 6.08 Å². The largest absolute Gasteiger partial charge is 0.487 e. The molecule has 0 amide bonds. The van der Waals surface area contributed by atoms with E-state index in [9.17, 15) is 4.79 Å². The van der Waals surface area contributed by atoms with Crippen LogP contribution in [0.5, 0.6) is 5.75 Å². The quantitative estimate of drug-likeness (QED) is 0.584. The normalized spacial score (nSPS) is 10.7. The topological polar surface area (TPSA) is 48.4 Å². The minimum atomic E-state index is -0.358. The zero-order valence-corrected chi connectivity index (χ0v) is 14.3. The lowest BCUT2D eigenvalue weighted by Crippen LogP contribution is -2.05. The van der Waals surface area contributed by atoms with Gasteiger partial charge in [0.15, 0.2) is 0 Å². The van der Waals surface area contributed by atoms with Crippen molar-refractivity contribution in [3.8, 4) is 5.75 Å². The zero-order chi connectivity index (χ0) is 17.3. The monoisotopic (exact) mass is 351 g/mol. The van der Waals surface area contributed by atoms with Crippen molar-refractivity contribution in [2.45, 2.75) is 6.61 Å². The summed E-state index contributed by atoms with van der Waals surface area (Å²) in [4.78, 5) is 16.2. The van der Waals surface area contributed by atoms with Gasteiger partial charge in [-0.3, -0.25) is 0 Å². The molecule has 126 valence electrons. The molecule has 0 atom stereocenters. The van der Waals surface area contributed by atoms with E-state index in [2.05, 4.69) is 4.98 Å². The maximum absolute atomic E-state index is 12.0. The Bertz CT molecular complexity index is 812. The zero-order valence-electron chi connectivity index (χ0n) is 13.5. The second-order valence-corrected chi connectivity index (χ2v) is 5.92. The smallest absolute Gasteiger partial charge is 0.338 e. The van der Waals surface area contributed by atoms with E-state index in [1.165, 1.54) is 11.3 Å². The van der Waals surface area contributed by atoms with E-state index in [1.54, 1.807) is 29.8 Å². The summed E-state index contributed by atoms with van der Waals surface area (Å²) in [6, 6.07) is 16.8. The lowest BCUT2D eigenvalue weighted by atomic mass is 10.2. The number of benzene rings is 2. The van der Waals surface area contributed by atoms with Crippen LogP contribution < -0.4 is 4.74 Å². The first kappa shape index (κ1) is 16.9. The van der Waals surface area contributed by atoms with E-state index < -0.39 is 0 Å². The molecule has 1 heterocycles. The average Bonchev–Trinajstić information content (AvgIpc) is 3.18. The highest BCUT2D eigenvalue weighted by Crippen LogP contribution is 2.15. The predicted octanol–water partition coefficient (Wildman–Crippen LogP) is 4.59. The number of hydrogen-bond acceptors (Lipinski definition) is 5. The maximum Gasteiger partial charge on any atom is 0.338 e. The molecule has 2 aromatic carbocycles. The third kappa shape index (κ3) is 5.29. The summed E-state index contributed by atoms with van der Waals surface area (Å²) in [5.41, 5.74) is 4.22. The molecule has 0 aliphatic heterocycles. The lowest BCUT2D eigenvalue weighted by Gasteiger charge is -2.06. The van der Waals surface area contributed by atoms with Crippen LogP contribution in [-0.4, -0.2) is 17.6 Å². The fraction of sp³-hybridized carbons (Fsp3) is 0.100. The summed E-state index contributed by atoms with van der Waals surface area (Å²) in [6.07, 6.45) is 3.74. The number of nitrogens with zero attached hydrogens (tertiary/aromatic N) is 1. The van der Waals surface area contributed by atoms with Crippen molar-refractivity contribution in [2.75, 3.05) is 6.61 Å². The summed E-state index contributed by atoms with van der Waals surface area (Å²) in [5.74, 6) is 0.331. The van der Waals surface area contributed by atoms with Gasteiger partial charge < -0.3 is 9.47 Å². The Morgan fingerprint density at radius 2 is 1.88 bits per heavy atom. The third-order valence-corrected chi connectivity index (χ3v) is 4.02. The molecular formula is C20H17NO3S. The molecule has 0 aliphatic rings. The number of aromatic nitrogens is 1. The van der Waals surface area contributed by atoms with Gasteiger partial charge in [0.25, 0.3) is 0 Å². The van der Waals surface area contributed by atoms with Gasteiger partial charge in [0.1, 0.15) is 19.0 Å². The number of hydrogen-bond donors (Lipinski definition) is 0. The minimum absolute atomic E-state index is 0.232. The van der Waals surface area contributed by atoms with Crippen molar-refractivity contribution in [1.29, 1.82) is 0 Å². The Labute approximate surface area is 150 Å². The van der Waals surface area contributed by atoms with Gasteiger partial charge in [-0.15, -0.1) is 11.3 Å². The average molecular weight is 351 g/mol. The van der Waals surface area contributed by atoms with Gasteiger partial charge in [0.05, 0.1) is 16.8 Å². The van der Waals surface area contributed by atoms with Crippen LogP contribution in [0.15, 0.2) is 71.6 Å². The Kier molecular flexibility index (Phi) is 5.96. The molecule has 1 aromatic heterocycles. The Hall–Kier alpha value is -2.92. The van der Waals surface area contributed by atoms with Crippen molar-refractivity contribution < 1.29 is 14.3 Å². The van der Waals surface area contributed by atoms with Crippen LogP contribution in [0.1, 0.15) is 21.6 Å². The van der Waals surface area contributed by atoms with E-state index in [0.29, 0.717) is 17.9 Å². The molecule has 4 nitrogen and oxygen atoms in total. The fourth-order valence-corrected chi connectivity index (χ4v) is 2.65. The molecule has 0 saturated carbocycles. The van der Waals surface area contributed by atoms with Crippen molar-refractivity contribution >= 4 is 23.4 Å². The molecule has 0 unspecified atom stereocenters. The summed E-state index contributed by atoms with van der Waals surface area (Å²) < 4.78 is 10.8. The van der Waals surface area contributed by atoms with E-state index >= 15 is 0 Å². The van der Waals surface area contributed by atoms with Crippen molar-refractivity contribution in [3.63, 3.8) is 0 Å². The standard InChI is InChI=1S/C20H17NO3S/c22-20(23-12-4-7-16-5-2-1-3-6-16)17-8-10-19(11-9-17)24-13-18-14-25-15-21-18/h1-11,14-15H,12-13H2/b7-4+. The lowest BCUT2D eigenvalue weighted by molar-refractivity contribution is 0.0550. The number of esters is 1. The Balaban J connectivity index is 1.46.